The van der Waals surface area contributed by atoms with Crippen LogP contribution in [0.2, 0.25) is 10.0 Å². The number of hydrogen-bond donors (Lipinski definition) is 1. The van der Waals surface area contributed by atoms with E-state index in [4.69, 9.17) is 27.9 Å². The minimum Gasteiger partial charge on any atom is -0.497 e. The van der Waals surface area contributed by atoms with Crippen LogP contribution in [0.1, 0.15) is 55.8 Å². The van der Waals surface area contributed by atoms with Crippen LogP contribution in [0.3, 0.4) is 0 Å². The van der Waals surface area contributed by atoms with Crippen molar-refractivity contribution in [2.24, 2.45) is 11.8 Å². The summed E-state index contributed by atoms with van der Waals surface area (Å²) in [5.74, 6) is 0.418. The molecule has 0 saturated carbocycles. The number of piperidine rings is 1. The number of benzene rings is 2. The van der Waals surface area contributed by atoms with Crippen LogP contribution in [0, 0.1) is 11.8 Å². The van der Waals surface area contributed by atoms with Gasteiger partial charge in [-0.1, -0.05) is 29.3 Å². The van der Waals surface area contributed by atoms with Crippen LogP contribution >= 0.6 is 23.2 Å². The molecule has 0 spiro atoms. The minimum atomic E-state index is -1.12. The fourth-order valence-corrected chi connectivity index (χ4v) is 6.27. The van der Waals surface area contributed by atoms with Crippen molar-refractivity contribution in [3.63, 3.8) is 0 Å². The minimum absolute atomic E-state index is 0.137. The zero-order valence-corrected chi connectivity index (χ0v) is 23.2. The van der Waals surface area contributed by atoms with Gasteiger partial charge in [0.2, 0.25) is 0 Å². The molecule has 4 rings (SSSR count). The van der Waals surface area contributed by atoms with E-state index in [1.54, 1.807) is 19.4 Å². The number of likely N-dealkylation sites (tertiary alicyclic amines) is 1. The molecular formula is C30H35Cl2FN2O3. The Morgan fingerprint density at radius 1 is 1.18 bits per heavy atom. The van der Waals surface area contributed by atoms with Crippen LogP contribution in [-0.4, -0.2) is 47.7 Å². The number of fused-ring (bicyclic) bond motifs is 1. The molecule has 1 aromatic heterocycles. The van der Waals surface area contributed by atoms with Crippen LogP contribution < -0.4 is 4.74 Å². The summed E-state index contributed by atoms with van der Waals surface area (Å²) in [4.78, 5) is 18.1. The van der Waals surface area contributed by atoms with Crippen molar-refractivity contribution in [1.82, 2.24) is 9.88 Å². The highest BCUT2D eigenvalue weighted by Crippen LogP contribution is 2.37. The molecule has 0 amide bonds. The second kappa shape index (κ2) is 13.6. The standard InChI is InChI=1S/C30H35Cl2FN2O3/c1-38-22-9-11-29-25(18-22)23(13-15-34-29)28(33)10-7-20-14-17-35(19-21(20)8-12-30(36)37)16-3-4-24-26(31)5-2-6-27(24)32/h2,5-6,9,11,13,15,18,20-21,28H,3-4,7-8,10,12,14,16-17,19H2,1H3,(H,36,37)/t20-,21-,28-/m1/s1. The normalized spacial score (nSPS) is 18.9. The number of rotatable bonds is 12. The Morgan fingerprint density at radius 2 is 1.97 bits per heavy atom. The molecule has 0 radical (unpaired) electrons. The average molecular weight is 562 g/mol. The Hall–Kier alpha value is -2.41. The summed E-state index contributed by atoms with van der Waals surface area (Å²) in [6.45, 7) is 2.66. The Kier molecular flexibility index (Phi) is 10.2. The number of aliphatic carboxylic acids is 1. The van der Waals surface area contributed by atoms with Crippen molar-refractivity contribution < 1.29 is 19.0 Å². The lowest BCUT2D eigenvalue weighted by atomic mass is 9.79. The number of hydrogen-bond acceptors (Lipinski definition) is 4. The van der Waals surface area contributed by atoms with E-state index in [1.165, 1.54) is 0 Å². The molecule has 0 aliphatic carbocycles. The summed E-state index contributed by atoms with van der Waals surface area (Å²) in [6.07, 6.45) is 5.06. The lowest BCUT2D eigenvalue weighted by molar-refractivity contribution is -0.137. The van der Waals surface area contributed by atoms with Gasteiger partial charge in [-0.05, 0) is 111 Å². The van der Waals surface area contributed by atoms with Crippen LogP contribution in [-0.2, 0) is 11.2 Å². The first-order valence-corrected chi connectivity index (χ1v) is 14.0. The summed E-state index contributed by atoms with van der Waals surface area (Å²) in [5, 5.41) is 11.5. The van der Waals surface area contributed by atoms with Gasteiger partial charge in [-0.2, -0.15) is 0 Å². The van der Waals surface area contributed by atoms with E-state index in [0.29, 0.717) is 40.1 Å². The number of carboxylic acid groups (broad SMARTS) is 1. The first kappa shape index (κ1) is 28.6. The lowest BCUT2D eigenvalue weighted by Gasteiger charge is -2.39. The number of carbonyl (C=O) groups is 1. The molecule has 0 unspecified atom stereocenters. The topological polar surface area (TPSA) is 62.7 Å². The Morgan fingerprint density at radius 3 is 2.71 bits per heavy atom. The molecular weight excluding hydrogens is 526 g/mol. The first-order chi connectivity index (χ1) is 18.4. The quantitative estimate of drug-likeness (QED) is 0.245. The number of carboxylic acids is 1. The molecule has 38 heavy (non-hydrogen) atoms. The molecule has 3 atom stereocenters. The number of alkyl halides is 1. The third-order valence-electron chi connectivity index (χ3n) is 7.78. The predicted molar refractivity (Wildman–Crippen MR) is 151 cm³/mol. The molecule has 1 N–H and O–H groups in total. The van der Waals surface area contributed by atoms with Gasteiger partial charge in [-0.3, -0.25) is 9.78 Å². The van der Waals surface area contributed by atoms with E-state index in [-0.39, 0.29) is 12.3 Å². The van der Waals surface area contributed by atoms with E-state index < -0.39 is 12.1 Å². The molecule has 204 valence electrons. The predicted octanol–water partition coefficient (Wildman–Crippen LogP) is 7.78. The van der Waals surface area contributed by atoms with Crippen LogP contribution in [0.4, 0.5) is 4.39 Å². The largest absolute Gasteiger partial charge is 0.497 e. The van der Waals surface area contributed by atoms with Crippen molar-refractivity contribution in [3.05, 3.63) is 69.8 Å². The number of aromatic nitrogens is 1. The van der Waals surface area contributed by atoms with Gasteiger partial charge in [0.15, 0.2) is 0 Å². The number of halogens is 3. The number of pyridine rings is 1. The fourth-order valence-electron chi connectivity index (χ4n) is 5.69. The molecule has 5 nitrogen and oxygen atoms in total. The zero-order valence-electron chi connectivity index (χ0n) is 21.7. The van der Waals surface area contributed by atoms with Crippen LogP contribution in [0.5, 0.6) is 5.75 Å². The van der Waals surface area contributed by atoms with Crippen molar-refractivity contribution >= 4 is 40.1 Å². The van der Waals surface area contributed by atoms with E-state index in [2.05, 4.69) is 9.88 Å². The number of ether oxygens (including phenoxy) is 1. The van der Waals surface area contributed by atoms with Gasteiger partial charge >= 0.3 is 5.97 Å². The highest BCUT2D eigenvalue weighted by molar-refractivity contribution is 6.35. The van der Waals surface area contributed by atoms with E-state index in [9.17, 15) is 9.90 Å². The SMILES string of the molecule is COc1ccc2nccc([C@H](F)CC[C@@H]3CCN(CCCc4c(Cl)cccc4Cl)C[C@H]3CCC(=O)O)c2c1. The van der Waals surface area contributed by atoms with Gasteiger partial charge in [-0.15, -0.1) is 0 Å². The monoisotopic (exact) mass is 560 g/mol. The van der Waals surface area contributed by atoms with Gasteiger partial charge in [-0.25, -0.2) is 4.39 Å². The summed E-state index contributed by atoms with van der Waals surface area (Å²) >= 11 is 12.6. The summed E-state index contributed by atoms with van der Waals surface area (Å²) < 4.78 is 20.9. The second-order valence-corrected chi connectivity index (χ2v) is 11.0. The van der Waals surface area contributed by atoms with Crippen molar-refractivity contribution in [2.45, 2.75) is 51.1 Å². The molecule has 3 aromatic rings. The Labute approximate surface area is 233 Å². The van der Waals surface area contributed by atoms with Crippen LogP contribution in [0.15, 0.2) is 48.7 Å². The van der Waals surface area contributed by atoms with E-state index in [1.807, 2.05) is 36.4 Å². The molecule has 1 fully saturated rings. The van der Waals surface area contributed by atoms with Gasteiger partial charge < -0.3 is 14.7 Å². The molecule has 1 aliphatic heterocycles. The third-order valence-corrected chi connectivity index (χ3v) is 8.49. The molecule has 1 saturated heterocycles. The maximum atomic E-state index is 15.6. The molecule has 0 bridgehead atoms. The molecule has 2 aromatic carbocycles. The Bertz CT molecular complexity index is 1220. The van der Waals surface area contributed by atoms with Gasteiger partial charge in [0.05, 0.1) is 12.6 Å². The zero-order chi connectivity index (χ0) is 27.1. The molecule has 8 heteroatoms. The summed E-state index contributed by atoms with van der Waals surface area (Å²) in [6, 6.07) is 12.8. The summed E-state index contributed by atoms with van der Waals surface area (Å²) in [7, 11) is 1.60. The Balaban J connectivity index is 1.36. The third kappa shape index (κ3) is 7.37. The van der Waals surface area contributed by atoms with Crippen molar-refractivity contribution in [3.8, 4) is 5.75 Å². The van der Waals surface area contributed by atoms with Gasteiger partial charge in [0, 0.05) is 34.6 Å². The van der Waals surface area contributed by atoms with Crippen molar-refractivity contribution in [1.29, 1.82) is 0 Å². The van der Waals surface area contributed by atoms with Crippen molar-refractivity contribution in [2.75, 3.05) is 26.7 Å². The van der Waals surface area contributed by atoms with E-state index >= 15 is 4.39 Å². The first-order valence-electron chi connectivity index (χ1n) is 13.3. The van der Waals surface area contributed by atoms with Gasteiger partial charge in [0.25, 0.3) is 0 Å². The molecule has 1 aliphatic rings. The number of nitrogens with zero attached hydrogens (tertiary/aromatic N) is 2. The van der Waals surface area contributed by atoms with Gasteiger partial charge in [0.1, 0.15) is 11.9 Å². The fraction of sp³-hybridized carbons (Fsp3) is 0.467. The smallest absolute Gasteiger partial charge is 0.303 e. The maximum absolute atomic E-state index is 15.6. The van der Waals surface area contributed by atoms with E-state index in [0.717, 1.165) is 61.8 Å². The summed E-state index contributed by atoms with van der Waals surface area (Å²) in [5.41, 5.74) is 2.35. The second-order valence-electron chi connectivity index (χ2n) is 10.2. The van der Waals surface area contributed by atoms with Crippen LogP contribution in [0.25, 0.3) is 10.9 Å². The maximum Gasteiger partial charge on any atom is 0.303 e. The lowest BCUT2D eigenvalue weighted by Crippen LogP contribution is -2.41. The number of methoxy groups -OCH3 is 1. The highest BCUT2D eigenvalue weighted by atomic mass is 35.5. The average Bonchev–Trinajstić information content (AvgIpc) is 2.92. The molecule has 2 heterocycles. The highest BCUT2D eigenvalue weighted by Gasteiger charge is 2.30.